The van der Waals surface area contributed by atoms with Crippen LogP contribution in [0.1, 0.15) is 5.56 Å². The molecular formula is C21H26N8O4S. The Labute approximate surface area is 200 Å². The van der Waals surface area contributed by atoms with Crippen LogP contribution >= 0.6 is 11.3 Å². The lowest BCUT2D eigenvalue weighted by Crippen LogP contribution is -2.46. The van der Waals surface area contributed by atoms with E-state index in [-0.39, 0.29) is 0 Å². The number of pyridine rings is 1. The Bertz CT molecular complexity index is 1110. The molecule has 0 aromatic carbocycles. The van der Waals surface area contributed by atoms with Crippen LogP contribution in [0.25, 0.3) is 10.3 Å². The van der Waals surface area contributed by atoms with Crippen molar-refractivity contribution in [1.82, 2.24) is 29.9 Å². The summed E-state index contributed by atoms with van der Waals surface area (Å²) in [6, 6.07) is 4.21. The Morgan fingerprint density at radius 1 is 1.12 bits per heavy atom. The molecule has 0 bridgehead atoms. The van der Waals surface area contributed by atoms with E-state index in [1.807, 2.05) is 6.20 Å². The number of nitrogens with one attached hydrogen (secondary N) is 1. The molecule has 5 heterocycles. The molecule has 13 heteroatoms. The average Bonchev–Trinajstić information content (AvgIpc) is 3.28. The van der Waals surface area contributed by atoms with Crippen molar-refractivity contribution in [1.29, 1.82) is 0 Å². The van der Waals surface area contributed by atoms with Crippen molar-refractivity contribution >= 4 is 38.7 Å². The van der Waals surface area contributed by atoms with Crippen LogP contribution in [0.5, 0.6) is 5.88 Å². The summed E-state index contributed by atoms with van der Waals surface area (Å²) in [5, 5.41) is 4.71. The lowest BCUT2D eigenvalue weighted by Gasteiger charge is -2.33. The highest BCUT2D eigenvalue weighted by Gasteiger charge is 2.22. The normalized spacial score (nSPS) is 17.6. The van der Waals surface area contributed by atoms with Gasteiger partial charge in [-0.2, -0.15) is 4.98 Å². The minimum atomic E-state index is -0.581. The number of carbonyl (C=O) groups is 1. The Morgan fingerprint density at radius 3 is 2.68 bits per heavy atom. The number of fused-ring (bicyclic) bond motifs is 1. The average molecular weight is 487 g/mol. The fraction of sp³-hybridized carbons (Fsp3) is 0.476. The number of carbonyl (C=O) groups excluding carboxylic acids is 1. The van der Waals surface area contributed by atoms with Crippen LogP contribution in [0.15, 0.2) is 24.7 Å². The standard InChI is InChI=1S/C21H26N8O4S/c1-31-18-17-19(24-14-23-18)34-20(25-17)26-21(30)33-29-6-4-27(5-7-29)13-15-2-3-16(22-12-15)28-8-10-32-11-9-28/h2-3,12,14H,4-11,13H2,1H3,(H,25,26,30). The molecule has 2 aliphatic rings. The molecule has 5 rings (SSSR count). The Kier molecular flexibility index (Phi) is 6.94. The van der Waals surface area contributed by atoms with E-state index >= 15 is 0 Å². The number of hydroxylamine groups is 2. The zero-order valence-corrected chi connectivity index (χ0v) is 19.7. The third-order valence-electron chi connectivity index (χ3n) is 5.66. The quantitative estimate of drug-likeness (QED) is 0.547. The molecule has 2 aliphatic heterocycles. The second-order valence-corrected chi connectivity index (χ2v) is 8.87. The van der Waals surface area contributed by atoms with Crippen molar-refractivity contribution in [2.45, 2.75) is 6.54 Å². The summed E-state index contributed by atoms with van der Waals surface area (Å²) in [5.74, 6) is 1.36. The first kappa shape index (κ1) is 22.7. The van der Waals surface area contributed by atoms with Crippen molar-refractivity contribution < 1.29 is 19.1 Å². The van der Waals surface area contributed by atoms with Gasteiger partial charge in [-0.05, 0) is 11.6 Å². The van der Waals surface area contributed by atoms with Crippen LogP contribution in [0, 0.1) is 0 Å². The first-order chi connectivity index (χ1) is 16.7. The van der Waals surface area contributed by atoms with E-state index in [0.717, 1.165) is 51.8 Å². The number of thiazole rings is 1. The van der Waals surface area contributed by atoms with Crippen LogP contribution in [0.4, 0.5) is 15.7 Å². The smallest absolute Gasteiger partial charge is 0.432 e. The summed E-state index contributed by atoms with van der Waals surface area (Å²) >= 11 is 1.23. The zero-order chi connectivity index (χ0) is 23.3. The topological polar surface area (TPSA) is 118 Å². The van der Waals surface area contributed by atoms with E-state index in [4.69, 9.17) is 14.3 Å². The highest BCUT2D eigenvalue weighted by atomic mass is 32.1. The van der Waals surface area contributed by atoms with Gasteiger partial charge in [-0.1, -0.05) is 17.4 Å². The van der Waals surface area contributed by atoms with Gasteiger partial charge in [0.1, 0.15) is 12.1 Å². The number of hydrogen-bond donors (Lipinski definition) is 1. The number of aromatic nitrogens is 4. The monoisotopic (exact) mass is 486 g/mol. The molecule has 180 valence electrons. The molecule has 3 aromatic heterocycles. The van der Waals surface area contributed by atoms with Crippen LogP contribution in [-0.4, -0.2) is 95.6 Å². The number of ether oxygens (including phenoxy) is 2. The second kappa shape index (κ2) is 10.4. The van der Waals surface area contributed by atoms with Gasteiger partial charge in [-0.25, -0.2) is 19.7 Å². The maximum absolute atomic E-state index is 12.3. The van der Waals surface area contributed by atoms with Crippen molar-refractivity contribution in [2.75, 3.05) is 69.8 Å². The summed E-state index contributed by atoms with van der Waals surface area (Å²) in [7, 11) is 1.51. The van der Waals surface area contributed by atoms with Gasteiger partial charge in [-0.3, -0.25) is 10.2 Å². The van der Waals surface area contributed by atoms with Gasteiger partial charge in [0.25, 0.3) is 0 Å². The highest BCUT2D eigenvalue weighted by molar-refractivity contribution is 7.22. The van der Waals surface area contributed by atoms with Crippen molar-refractivity contribution in [3.05, 3.63) is 30.2 Å². The lowest BCUT2D eigenvalue weighted by atomic mass is 10.2. The fourth-order valence-electron chi connectivity index (χ4n) is 3.89. The van der Waals surface area contributed by atoms with Gasteiger partial charge in [0.05, 0.1) is 20.3 Å². The number of piperazine rings is 1. The highest BCUT2D eigenvalue weighted by Crippen LogP contribution is 2.28. The molecule has 2 fully saturated rings. The Morgan fingerprint density at radius 2 is 1.94 bits per heavy atom. The minimum Gasteiger partial charge on any atom is -0.479 e. The molecule has 2 saturated heterocycles. The predicted molar refractivity (Wildman–Crippen MR) is 126 cm³/mol. The molecule has 0 saturated carbocycles. The molecule has 1 amide bonds. The third kappa shape index (κ3) is 5.33. The second-order valence-electron chi connectivity index (χ2n) is 7.89. The van der Waals surface area contributed by atoms with Gasteiger partial charge in [0.15, 0.2) is 15.5 Å². The summed E-state index contributed by atoms with van der Waals surface area (Å²) in [6.07, 6.45) is 2.76. The van der Waals surface area contributed by atoms with Crippen molar-refractivity contribution in [3.8, 4) is 5.88 Å². The largest absolute Gasteiger partial charge is 0.479 e. The number of hydrogen-bond acceptors (Lipinski definition) is 12. The zero-order valence-electron chi connectivity index (χ0n) is 18.8. The van der Waals surface area contributed by atoms with E-state index in [2.05, 4.69) is 47.2 Å². The van der Waals surface area contributed by atoms with Crippen LogP contribution in [-0.2, 0) is 16.1 Å². The van der Waals surface area contributed by atoms with Gasteiger partial charge in [0, 0.05) is 52.0 Å². The summed E-state index contributed by atoms with van der Waals surface area (Å²) in [4.78, 5) is 40.1. The van der Waals surface area contributed by atoms with Crippen LogP contribution < -0.4 is 15.0 Å². The van der Waals surface area contributed by atoms with E-state index in [1.54, 1.807) is 5.06 Å². The fourth-order valence-corrected chi connectivity index (χ4v) is 4.67. The third-order valence-corrected chi connectivity index (χ3v) is 6.54. The van der Waals surface area contributed by atoms with Crippen molar-refractivity contribution in [3.63, 3.8) is 0 Å². The SMILES string of the molecule is COc1ncnc2sc(NC(=O)ON3CCN(Cc4ccc(N5CCOCC5)nc4)CC3)nc12. The van der Waals surface area contributed by atoms with E-state index in [1.165, 1.54) is 30.3 Å². The molecule has 1 N–H and O–H groups in total. The maximum Gasteiger partial charge on any atom is 0.432 e. The van der Waals surface area contributed by atoms with E-state index in [9.17, 15) is 4.79 Å². The Balaban J connectivity index is 1.08. The molecule has 12 nitrogen and oxygen atoms in total. The van der Waals surface area contributed by atoms with E-state index < -0.39 is 6.09 Å². The molecule has 0 spiro atoms. The summed E-state index contributed by atoms with van der Waals surface area (Å²) < 4.78 is 10.6. The number of nitrogens with zero attached hydrogens (tertiary/aromatic N) is 7. The van der Waals surface area contributed by atoms with Gasteiger partial charge >= 0.3 is 6.09 Å². The molecule has 0 unspecified atom stereocenters. The number of rotatable bonds is 6. The molecule has 0 aliphatic carbocycles. The molecule has 34 heavy (non-hydrogen) atoms. The number of amides is 1. The molecular weight excluding hydrogens is 460 g/mol. The van der Waals surface area contributed by atoms with Gasteiger partial charge in [-0.15, -0.1) is 5.06 Å². The van der Waals surface area contributed by atoms with Gasteiger partial charge < -0.3 is 19.2 Å². The molecule has 0 radical (unpaired) electrons. The lowest BCUT2D eigenvalue weighted by molar-refractivity contribution is -0.119. The summed E-state index contributed by atoms with van der Waals surface area (Å²) in [5.41, 5.74) is 1.67. The number of morpholine rings is 1. The van der Waals surface area contributed by atoms with Crippen LogP contribution in [0.2, 0.25) is 0 Å². The minimum absolute atomic E-state index is 0.365. The maximum atomic E-state index is 12.3. The van der Waals surface area contributed by atoms with Crippen molar-refractivity contribution in [2.24, 2.45) is 0 Å². The predicted octanol–water partition coefficient (Wildman–Crippen LogP) is 1.61. The van der Waals surface area contributed by atoms with Gasteiger partial charge in [0.2, 0.25) is 5.88 Å². The first-order valence-electron chi connectivity index (χ1n) is 11.1. The Hall–Kier alpha value is -3.13. The molecule has 3 aromatic rings. The molecule has 0 atom stereocenters. The summed E-state index contributed by atoms with van der Waals surface area (Å²) in [6.45, 7) is 6.86. The number of anilines is 2. The number of methoxy groups -OCH3 is 1. The van der Waals surface area contributed by atoms with Crippen LogP contribution in [0.3, 0.4) is 0 Å². The van der Waals surface area contributed by atoms with E-state index in [0.29, 0.717) is 34.4 Å². The first-order valence-corrected chi connectivity index (χ1v) is 11.9.